The molecule has 0 spiro atoms. The van der Waals surface area contributed by atoms with Crippen molar-refractivity contribution in [1.82, 2.24) is 9.80 Å². The zero-order valence-electron chi connectivity index (χ0n) is 14.6. The zero-order valence-corrected chi connectivity index (χ0v) is 14.6. The summed E-state index contributed by atoms with van der Waals surface area (Å²) in [6.07, 6.45) is 10.2. The Balaban J connectivity index is 1.39. The summed E-state index contributed by atoms with van der Waals surface area (Å²) >= 11 is 0. The highest BCUT2D eigenvalue weighted by atomic mass is 16.5. The Bertz CT molecular complexity index is 640. The van der Waals surface area contributed by atoms with Crippen LogP contribution in [0.1, 0.15) is 19.4 Å². The molecule has 4 heteroatoms. The van der Waals surface area contributed by atoms with E-state index in [0.717, 1.165) is 24.4 Å². The van der Waals surface area contributed by atoms with Gasteiger partial charge in [0.25, 0.3) is 0 Å². The van der Waals surface area contributed by atoms with Crippen LogP contribution in [0, 0.1) is 43.8 Å². The Morgan fingerprint density at radius 2 is 2.04 bits per heavy atom. The van der Waals surface area contributed by atoms with E-state index in [9.17, 15) is 0 Å². The summed E-state index contributed by atoms with van der Waals surface area (Å²) in [6.45, 7) is 9.21. The van der Waals surface area contributed by atoms with E-state index in [1.54, 1.807) is 0 Å². The summed E-state index contributed by atoms with van der Waals surface area (Å²) in [5, 5.41) is 0. The monoisotopic (exact) mass is 332 g/mol. The number of hydrogen-bond donors (Lipinski definition) is 0. The Morgan fingerprint density at radius 1 is 1.20 bits per heavy atom. The molecule has 0 unspecified atom stereocenters. The van der Waals surface area contributed by atoms with Crippen LogP contribution in [0.3, 0.4) is 0 Å². The third kappa shape index (κ3) is 3.53. The van der Waals surface area contributed by atoms with Crippen molar-refractivity contribution in [1.29, 1.82) is 0 Å². The highest BCUT2D eigenvalue weighted by molar-refractivity contribution is 5.98. The van der Waals surface area contributed by atoms with E-state index in [2.05, 4.69) is 62.5 Å². The highest BCUT2D eigenvalue weighted by Gasteiger charge is 2.42. The van der Waals surface area contributed by atoms with Gasteiger partial charge in [0.15, 0.2) is 5.90 Å². The number of ether oxygens (including phenoxy) is 1. The van der Waals surface area contributed by atoms with Crippen LogP contribution >= 0.6 is 0 Å². The molecule has 25 heavy (non-hydrogen) atoms. The molecule has 4 rings (SSSR count). The van der Waals surface area contributed by atoms with Crippen molar-refractivity contribution < 1.29 is 4.74 Å². The maximum Gasteiger partial charge on any atom is 0.208 e. The highest BCUT2D eigenvalue weighted by Crippen LogP contribution is 2.41. The maximum absolute atomic E-state index is 5.85. The fourth-order valence-electron chi connectivity index (χ4n) is 3.03. The molecule has 1 saturated carbocycles. The third-order valence-electron chi connectivity index (χ3n) is 4.55. The molecule has 0 saturated heterocycles. The van der Waals surface area contributed by atoms with E-state index in [-0.39, 0.29) is 6.04 Å². The normalized spacial score (nSPS) is 24.4. The van der Waals surface area contributed by atoms with Crippen LogP contribution in [0.15, 0.2) is 47.7 Å². The molecule has 4 nitrogen and oxygen atoms in total. The van der Waals surface area contributed by atoms with Crippen molar-refractivity contribution in [3.05, 3.63) is 86.2 Å². The molecule has 1 fully saturated rings. The summed E-state index contributed by atoms with van der Waals surface area (Å²) in [4.78, 5) is 8.81. The van der Waals surface area contributed by atoms with Crippen molar-refractivity contribution in [3.63, 3.8) is 0 Å². The van der Waals surface area contributed by atoms with Crippen molar-refractivity contribution in [2.24, 2.45) is 10.9 Å². The van der Waals surface area contributed by atoms with Gasteiger partial charge in [-0.1, -0.05) is 44.2 Å². The summed E-state index contributed by atoms with van der Waals surface area (Å²) < 4.78 is 5.85. The summed E-state index contributed by atoms with van der Waals surface area (Å²) in [6, 6.07) is 11.7. The Labute approximate surface area is 151 Å². The van der Waals surface area contributed by atoms with Crippen LogP contribution in [-0.4, -0.2) is 28.3 Å². The molecular formula is C21H22N3O. The Hall–Kier alpha value is -1.97. The molecule has 2 heterocycles. The lowest BCUT2D eigenvalue weighted by atomic mass is 10.0. The molecule has 127 valence electrons. The smallest absolute Gasteiger partial charge is 0.208 e. The van der Waals surface area contributed by atoms with E-state index >= 15 is 0 Å². The molecule has 0 bridgehead atoms. The predicted molar refractivity (Wildman–Crippen MR) is 97.6 cm³/mol. The number of hydrogen-bond acceptors (Lipinski definition) is 4. The number of benzene rings is 1. The molecule has 7 radical (unpaired) electrons. The molecule has 0 amide bonds. The van der Waals surface area contributed by atoms with Crippen LogP contribution in [0.4, 0.5) is 0 Å². The van der Waals surface area contributed by atoms with Crippen LogP contribution < -0.4 is 0 Å². The standard InChI is InChI=1S/C21H22N3O/c1-16(2)19-14-25-21(22-19)18-9-6-10-20(18)24-12-11-23(15-24)13-17-7-4-3-5-8-17/h3-12,16,19H,13-14H2,1-2H3/t19-/m1/s1. The minimum absolute atomic E-state index is 0.245. The minimum atomic E-state index is 0.245. The molecule has 2 aliphatic heterocycles. The van der Waals surface area contributed by atoms with Crippen LogP contribution in [0.2, 0.25) is 0 Å². The largest absolute Gasteiger partial charge is 0.478 e. The summed E-state index contributed by atoms with van der Waals surface area (Å²) in [5.74, 6) is 2.26. The zero-order chi connectivity index (χ0) is 17.2. The topological polar surface area (TPSA) is 28.1 Å². The number of nitrogens with zero attached hydrogens (tertiary/aromatic N) is 3. The lowest BCUT2D eigenvalue weighted by Gasteiger charge is -2.27. The van der Waals surface area contributed by atoms with Crippen LogP contribution in [-0.2, 0) is 11.3 Å². The first-order valence-electron chi connectivity index (χ1n) is 8.72. The molecule has 1 aromatic carbocycles. The average molecular weight is 332 g/mol. The number of aliphatic imine (C=N–C) groups is 1. The van der Waals surface area contributed by atoms with E-state index in [1.807, 2.05) is 29.8 Å². The Kier molecular flexibility index (Phi) is 4.69. The van der Waals surface area contributed by atoms with Crippen LogP contribution in [0.5, 0.6) is 0 Å². The first kappa shape index (κ1) is 16.5. The maximum atomic E-state index is 5.85. The fourth-order valence-corrected chi connectivity index (χ4v) is 3.03. The first-order chi connectivity index (χ1) is 12.2. The van der Waals surface area contributed by atoms with Crippen molar-refractivity contribution in [2.45, 2.75) is 26.4 Å². The molecule has 0 aromatic heterocycles. The van der Waals surface area contributed by atoms with Gasteiger partial charge in [0, 0.05) is 18.9 Å². The molecule has 0 N–H and O–H groups in total. The van der Waals surface area contributed by atoms with E-state index in [4.69, 9.17) is 9.73 Å². The quantitative estimate of drug-likeness (QED) is 0.827. The van der Waals surface area contributed by atoms with Gasteiger partial charge in [0.2, 0.25) is 6.67 Å². The van der Waals surface area contributed by atoms with Crippen molar-refractivity contribution in [3.8, 4) is 0 Å². The van der Waals surface area contributed by atoms with Gasteiger partial charge < -0.3 is 14.5 Å². The Morgan fingerprint density at radius 3 is 2.80 bits per heavy atom. The second-order valence-electron chi connectivity index (χ2n) is 6.76. The second-order valence-corrected chi connectivity index (χ2v) is 6.76. The lowest BCUT2D eigenvalue weighted by molar-refractivity contribution is 0.286. The average Bonchev–Trinajstić information content (AvgIpc) is 3.35. The van der Waals surface area contributed by atoms with E-state index in [1.165, 1.54) is 5.56 Å². The SMILES string of the molecule is CC(C)[C@H]1COC([C]2[CH][CH][CH][C]2N2[C]N(Cc3ccccc3)C=C2)=N1. The molecular weight excluding hydrogens is 310 g/mol. The van der Waals surface area contributed by atoms with Gasteiger partial charge in [-0.2, -0.15) is 0 Å². The van der Waals surface area contributed by atoms with Gasteiger partial charge >= 0.3 is 0 Å². The molecule has 3 aliphatic rings. The fraction of sp³-hybridized carbons (Fsp3) is 0.286. The summed E-state index contributed by atoms with van der Waals surface area (Å²) in [5.41, 5.74) is 1.26. The van der Waals surface area contributed by atoms with Gasteiger partial charge in [-0.05, 0) is 30.7 Å². The molecule has 1 aliphatic carbocycles. The first-order valence-corrected chi connectivity index (χ1v) is 8.72. The van der Waals surface area contributed by atoms with Gasteiger partial charge in [0.05, 0.1) is 18.0 Å². The van der Waals surface area contributed by atoms with Gasteiger partial charge in [-0.15, -0.1) is 0 Å². The van der Waals surface area contributed by atoms with Gasteiger partial charge in [-0.3, -0.25) is 0 Å². The lowest BCUT2D eigenvalue weighted by Crippen LogP contribution is -2.29. The second kappa shape index (κ2) is 7.11. The van der Waals surface area contributed by atoms with Crippen molar-refractivity contribution >= 4 is 5.90 Å². The summed E-state index contributed by atoms with van der Waals surface area (Å²) in [7, 11) is 0. The van der Waals surface area contributed by atoms with E-state index in [0.29, 0.717) is 12.5 Å². The predicted octanol–water partition coefficient (Wildman–Crippen LogP) is 3.46. The van der Waals surface area contributed by atoms with Gasteiger partial charge in [0.1, 0.15) is 6.61 Å². The van der Waals surface area contributed by atoms with Gasteiger partial charge in [-0.25, -0.2) is 4.99 Å². The third-order valence-corrected chi connectivity index (χ3v) is 4.55. The molecule has 1 aromatic rings. The van der Waals surface area contributed by atoms with Crippen LogP contribution in [0.25, 0.3) is 0 Å². The van der Waals surface area contributed by atoms with E-state index < -0.39 is 0 Å². The van der Waals surface area contributed by atoms with Crippen molar-refractivity contribution in [2.75, 3.05) is 6.61 Å². The number of rotatable bonds is 5. The minimum Gasteiger partial charge on any atom is -0.478 e. The molecule has 1 atom stereocenters.